The van der Waals surface area contributed by atoms with Crippen LogP contribution in [0.15, 0.2) is 59.5 Å². The molecule has 0 aromatic heterocycles. The van der Waals surface area contributed by atoms with Gasteiger partial charge in [0.15, 0.2) is 0 Å². The summed E-state index contributed by atoms with van der Waals surface area (Å²) in [5, 5.41) is 15.1. The summed E-state index contributed by atoms with van der Waals surface area (Å²) in [6, 6.07) is 13.1. The second-order valence-electron chi connectivity index (χ2n) is 7.66. The molecule has 0 heterocycles. The van der Waals surface area contributed by atoms with Gasteiger partial charge in [-0.2, -0.15) is 0 Å². The molecule has 1 aliphatic carbocycles. The third-order valence-electron chi connectivity index (χ3n) is 5.25. The van der Waals surface area contributed by atoms with E-state index in [2.05, 4.69) is 10.6 Å². The van der Waals surface area contributed by atoms with Crippen molar-refractivity contribution in [3.63, 3.8) is 0 Å². The van der Waals surface area contributed by atoms with E-state index in [0.29, 0.717) is 18.5 Å². The quantitative estimate of drug-likeness (QED) is 0.432. The van der Waals surface area contributed by atoms with Gasteiger partial charge in [-0.25, -0.2) is 0 Å². The van der Waals surface area contributed by atoms with Gasteiger partial charge in [0.05, 0.1) is 17.6 Å². The first-order chi connectivity index (χ1) is 14.8. The molecule has 0 aliphatic heterocycles. The fraction of sp³-hybridized carbons (Fsp3) is 0.292. The number of benzene rings is 2. The zero-order chi connectivity index (χ0) is 22.4. The number of carboxylic acids is 1. The molecular formula is C24H26N2O4S. The number of aryl methyl sites for hydroxylation is 2. The fourth-order valence-corrected chi connectivity index (χ4v) is 4.15. The monoisotopic (exact) mass is 438 g/mol. The molecule has 3 rings (SSSR count). The first-order valence-corrected chi connectivity index (χ1v) is 11.1. The summed E-state index contributed by atoms with van der Waals surface area (Å²) in [7, 11) is 0. The number of aliphatic carboxylic acids is 1. The number of carbonyl (C=O) groups excluding carboxylic acids is 2. The predicted molar refractivity (Wildman–Crippen MR) is 123 cm³/mol. The second kappa shape index (κ2) is 10.3. The van der Waals surface area contributed by atoms with Crippen LogP contribution in [-0.2, 0) is 14.4 Å². The molecular weight excluding hydrogens is 412 g/mol. The molecule has 0 bridgehead atoms. The Morgan fingerprint density at radius 3 is 2.32 bits per heavy atom. The Bertz CT molecular complexity index is 1000. The minimum atomic E-state index is -0.949. The van der Waals surface area contributed by atoms with E-state index in [0.717, 1.165) is 21.7 Å². The van der Waals surface area contributed by atoms with Crippen molar-refractivity contribution in [3.05, 3.63) is 65.7 Å². The highest BCUT2D eigenvalue weighted by molar-refractivity contribution is 8.00. The number of anilines is 2. The molecule has 2 amide bonds. The summed E-state index contributed by atoms with van der Waals surface area (Å²) in [5.41, 5.74) is 3.53. The Morgan fingerprint density at radius 1 is 0.968 bits per heavy atom. The number of thioether (sulfide) groups is 1. The summed E-state index contributed by atoms with van der Waals surface area (Å²) in [5.74, 6) is -2.32. The van der Waals surface area contributed by atoms with E-state index >= 15 is 0 Å². The van der Waals surface area contributed by atoms with Crippen molar-refractivity contribution in [1.29, 1.82) is 0 Å². The van der Waals surface area contributed by atoms with Gasteiger partial charge in [-0.3, -0.25) is 14.4 Å². The van der Waals surface area contributed by atoms with Gasteiger partial charge in [0.2, 0.25) is 11.8 Å². The fourth-order valence-electron chi connectivity index (χ4n) is 3.45. The molecule has 0 spiro atoms. The van der Waals surface area contributed by atoms with Crippen LogP contribution in [-0.4, -0.2) is 28.6 Å². The highest BCUT2D eigenvalue weighted by Gasteiger charge is 2.33. The largest absolute Gasteiger partial charge is 0.481 e. The summed E-state index contributed by atoms with van der Waals surface area (Å²) >= 11 is 1.41. The SMILES string of the molecule is Cc1ccc(C)c(NC(=O)CSc2ccc(NC(=O)C3CC=CCC3C(=O)O)cc2)c1. The van der Waals surface area contributed by atoms with Crippen LogP contribution in [0.25, 0.3) is 0 Å². The molecule has 2 aromatic rings. The molecule has 162 valence electrons. The lowest BCUT2D eigenvalue weighted by molar-refractivity contribution is -0.146. The van der Waals surface area contributed by atoms with Crippen LogP contribution in [0.5, 0.6) is 0 Å². The number of carboxylic acid groups (broad SMARTS) is 1. The van der Waals surface area contributed by atoms with Crippen molar-refractivity contribution >= 4 is 40.9 Å². The van der Waals surface area contributed by atoms with E-state index in [-0.39, 0.29) is 17.6 Å². The summed E-state index contributed by atoms with van der Waals surface area (Å²) in [4.78, 5) is 37.1. The Hall–Kier alpha value is -3.06. The normalized spacial score (nSPS) is 17.7. The van der Waals surface area contributed by atoms with E-state index in [9.17, 15) is 19.5 Å². The zero-order valence-corrected chi connectivity index (χ0v) is 18.4. The van der Waals surface area contributed by atoms with Crippen molar-refractivity contribution < 1.29 is 19.5 Å². The van der Waals surface area contributed by atoms with E-state index in [1.54, 1.807) is 12.1 Å². The van der Waals surface area contributed by atoms with Crippen LogP contribution in [0.4, 0.5) is 11.4 Å². The molecule has 0 saturated heterocycles. The van der Waals surface area contributed by atoms with Crippen LogP contribution in [0.2, 0.25) is 0 Å². The standard InChI is InChI=1S/C24H26N2O4S/c1-15-7-8-16(2)21(13-15)26-22(27)14-31-18-11-9-17(10-12-18)25-23(28)19-5-3-4-6-20(19)24(29)30/h3-4,7-13,19-20H,5-6,14H2,1-2H3,(H,25,28)(H,26,27)(H,29,30). The van der Waals surface area contributed by atoms with Crippen molar-refractivity contribution in [1.82, 2.24) is 0 Å². The minimum Gasteiger partial charge on any atom is -0.481 e. The molecule has 0 saturated carbocycles. The van der Waals surface area contributed by atoms with Gasteiger partial charge < -0.3 is 15.7 Å². The molecule has 1 aliphatic rings. The van der Waals surface area contributed by atoms with E-state index in [1.807, 2.05) is 56.3 Å². The molecule has 6 nitrogen and oxygen atoms in total. The van der Waals surface area contributed by atoms with Gasteiger partial charge in [-0.05, 0) is 68.1 Å². The van der Waals surface area contributed by atoms with Gasteiger partial charge in [0, 0.05) is 16.3 Å². The molecule has 2 aromatic carbocycles. The van der Waals surface area contributed by atoms with Gasteiger partial charge in [0.25, 0.3) is 0 Å². The number of rotatable bonds is 7. The number of amides is 2. The number of nitrogens with one attached hydrogen (secondary N) is 2. The minimum absolute atomic E-state index is 0.0823. The van der Waals surface area contributed by atoms with Crippen molar-refractivity contribution in [3.8, 4) is 0 Å². The molecule has 0 radical (unpaired) electrons. The lowest BCUT2D eigenvalue weighted by Gasteiger charge is -2.24. The smallest absolute Gasteiger partial charge is 0.307 e. The van der Waals surface area contributed by atoms with Gasteiger partial charge in [0.1, 0.15) is 0 Å². The van der Waals surface area contributed by atoms with Crippen LogP contribution in [0.1, 0.15) is 24.0 Å². The molecule has 31 heavy (non-hydrogen) atoms. The van der Waals surface area contributed by atoms with Crippen LogP contribution in [0.3, 0.4) is 0 Å². The predicted octanol–water partition coefficient (Wildman–Crippen LogP) is 4.64. The van der Waals surface area contributed by atoms with Crippen LogP contribution >= 0.6 is 11.8 Å². The van der Waals surface area contributed by atoms with Gasteiger partial charge in [-0.1, -0.05) is 24.3 Å². The maximum atomic E-state index is 12.5. The lowest BCUT2D eigenvalue weighted by Crippen LogP contribution is -2.34. The number of hydrogen-bond donors (Lipinski definition) is 3. The van der Waals surface area contributed by atoms with Crippen LogP contribution < -0.4 is 10.6 Å². The third kappa shape index (κ3) is 6.21. The van der Waals surface area contributed by atoms with E-state index in [1.165, 1.54) is 11.8 Å². The molecule has 3 N–H and O–H groups in total. The van der Waals surface area contributed by atoms with Gasteiger partial charge in [-0.15, -0.1) is 11.8 Å². The number of carbonyl (C=O) groups is 3. The highest BCUT2D eigenvalue weighted by Crippen LogP contribution is 2.28. The first kappa shape index (κ1) is 22.6. The van der Waals surface area contributed by atoms with Crippen molar-refractivity contribution in [2.75, 3.05) is 16.4 Å². The highest BCUT2D eigenvalue weighted by atomic mass is 32.2. The first-order valence-electron chi connectivity index (χ1n) is 10.1. The Kier molecular flexibility index (Phi) is 7.52. The summed E-state index contributed by atoms with van der Waals surface area (Å²) in [6.07, 6.45) is 4.46. The Morgan fingerprint density at radius 2 is 1.65 bits per heavy atom. The topological polar surface area (TPSA) is 95.5 Å². The van der Waals surface area contributed by atoms with Gasteiger partial charge >= 0.3 is 5.97 Å². The average molecular weight is 439 g/mol. The number of hydrogen-bond acceptors (Lipinski definition) is 4. The summed E-state index contributed by atoms with van der Waals surface area (Å²) < 4.78 is 0. The van der Waals surface area contributed by atoms with E-state index in [4.69, 9.17) is 0 Å². The number of allylic oxidation sites excluding steroid dienone is 2. The summed E-state index contributed by atoms with van der Waals surface area (Å²) in [6.45, 7) is 3.94. The Labute approximate surface area is 186 Å². The maximum Gasteiger partial charge on any atom is 0.307 e. The molecule has 0 fully saturated rings. The molecule has 2 atom stereocenters. The van der Waals surface area contributed by atoms with Crippen molar-refractivity contribution in [2.24, 2.45) is 11.8 Å². The molecule has 2 unspecified atom stereocenters. The van der Waals surface area contributed by atoms with E-state index < -0.39 is 17.8 Å². The maximum absolute atomic E-state index is 12.5. The second-order valence-corrected chi connectivity index (χ2v) is 8.71. The lowest BCUT2D eigenvalue weighted by atomic mass is 9.82. The van der Waals surface area contributed by atoms with Crippen LogP contribution in [0, 0.1) is 25.7 Å². The third-order valence-corrected chi connectivity index (χ3v) is 6.26. The van der Waals surface area contributed by atoms with Crippen molar-refractivity contribution in [2.45, 2.75) is 31.6 Å². The zero-order valence-electron chi connectivity index (χ0n) is 17.6. The molecule has 7 heteroatoms. The average Bonchev–Trinajstić information content (AvgIpc) is 2.75. The Balaban J connectivity index is 1.52.